The van der Waals surface area contributed by atoms with Crippen LogP contribution < -0.4 is 15.5 Å². The van der Waals surface area contributed by atoms with Crippen LogP contribution in [0, 0.1) is 6.92 Å². The van der Waals surface area contributed by atoms with E-state index in [1.165, 1.54) is 0 Å². The van der Waals surface area contributed by atoms with Gasteiger partial charge in [0.05, 0.1) is 0 Å². The second-order valence-electron chi connectivity index (χ2n) is 6.63. The lowest BCUT2D eigenvalue weighted by Crippen LogP contribution is -2.47. The highest BCUT2D eigenvalue weighted by atomic mass is 35.5. The predicted molar refractivity (Wildman–Crippen MR) is 124 cm³/mol. The van der Waals surface area contributed by atoms with Crippen molar-refractivity contribution in [1.29, 1.82) is 0 Å². The number of nitrogens with one attached hydrogen (secondary N) is 2. The molecule has 0 fully saturated rings. The maximum absolute atomic E-state index is 12.1. The number of amides is 2. The standard InChI is InChI=1S/C20H34N4O4.2ClH/c1-6-8-11-22-19(25)27-16(4)24(18-10-13-21-15(3)14-18)17(5)28-20(26)23-12-9-7-2;;/h10,13-14,16-17H,6-9,11-12H2,1-5H3,(H,22,25)(H,23,26);2*1H. The second kappa shape index (κ2) is 16.8. The number of carbonyl (C=O) groups is 2. The minimum atomic E-state index is -0.651. The van der Waals surface area contributed by atoms with E-state index in [9.17, 15) is 9.59 Å². The fraction of sp³-hybridized carbons (Fsp3) is 0.650. The minimum Gasteiger partial charge on any atom is -0.426 e. The van der Waals surface area contributed by atoms with Crippen LogP contribution in [0.1, 0.15) is 59.1 Å². The summed E-state index contributed by atoms with van der Waals surface area (Å²) in [6, 6.07) is 3.64. The molecule has 0 saturated heterocycles. The summed E-state index contributed by atoms with van der Waals surface area (Å²) in [6.07, 6.45) is 3.09. The van der Waals surface area contributed by atoms with Gasteiger partial charge in [-0.15, -0.1) is 24.8 Å². The van der Waals surface area contributed by atoms with Crippen LogP contribution in [0.25, 0.3) is 0 Å². The molecule has 2 unspecified atom stereocenters. The molecule has 8 nitrogen and oxygen atoms in total. The molecule has 1 aromatic heterocycles. The second-order valence-corrected chi connectivity index (χ2v) is 6.63. The summed E-state index contributed by atoms with van der Waals surface area (Å²) in [5.41, 5.74) is 1.55. The summed E-state index contributed by atoms with van der Waals surface area (Å²) in [5, 5.41) is 5.45. The molecule has 2 N–H and O–H groups in total. The molecular formula is C20H36Cl2N4O4. The van der Waals surface area contributed by atoms with Crippen molar-refractivity contribution in [2.75, 3.05) is 18.0 Å². The third-order valence-corrected chi connectivity index (χ3v) is 4.12. The van der Waals surface area contributed by atoms with Gasteiger partial charge in [-0.3, -0.25) is 4.98 Å². The van der Waals surface area contributed by atoms with Crippen LogP contribution >= 0.6 is 24.8 Å². The van der Waals surface area contributed by atoms with Gasteiger partial charge in [0.25, 0.3) is 0 Å². The molecule has 0 aliphatic rings. The highest BCUT2D eigenvalue weighted by Crippen LogP contribution is 2.22. The van der Waals surface area contributed by atoms with Gasteiger partial charge in [-0.25, -0.2) is 9.59 Å². The fourth-order valence-corrected chi connectivity index (χ4v) is 2.65. The Labute approximate surface area is 192 Å². The Morgan fingerprint density at radius 1 is 1.00 bits per heavy atom. The molecular weight excluding hydrogens is 431 g/mol. The first kappa shape index (κ1) is 30.3. The molecule has 0 aliphatic heterocycles. The van der Waals surface area contributed by atoms with E-state index in [1.807, 2.05) is 26.8 Å². The number of rotatable bonds is 11. The van der Waals surface area contributed by atoms with E-state index in [0.29, 0.717) is 13.1 Å². The Hall–Kier alpha value is -1.93. The number of pyridine rings is 1. The van der Waals surface area contributed by atoms with Crippen molar-refractivity contribution in [3.8, 4) is 0 Å². The molecule has 0 spiro atoms. The first-order valence-electron chi connectivity index (χ1n) is 9.99. The summed E-state index contributed by atoms with van der Waals surface area (Å²) in [6.45, 7) is 10.6. The van der Waals surface area contributed by atoms with E-state index < -0.39 is 24.6 Å². The van der Waals surface area contributed by atoms with E-state index in [1.54, 1.807) is 31.0 Å². The monoisotopic (exact) mass is 466 g/mol. The van der Waals surface area contributed by atoms with Crippen molar-refractivity contribution in [1.82, 2.24) is 15.6 Å². The number of hydrogen-bond donors (Lipinski definition) is 2. The molecule has 1 rings (SSSR count). The lowest BCUT2D eigenvalue weighted by atomic mass is 10.3. The number of nitrogens with zero attached hydrogens (tertiary/aromatic N) is 2. The van der Waals surface area contributed by atoms with E-state index >= 15 is 0 Å². The molecule has 0 aliphatic carbocycles. The molecule has 0 saturated carbocycles. The Bertz CT molecular complexity index is 592. The normalized spacial score (nSPS) is 11.8. The van der Waals surface area contributed by atoms with Gasteiger partial charge in [-0.05, 0) is 45.7 Å². The highest BCUT2D eigenvalue weighted by molar-refractivity contribution is 5.85. The zero-order valence-electron chi connectivity index (χ0n) is 18.5. The summed E-state index contributed by atoms with van der Waals surface area (Å²) in [5.74, 6) is 0. The molecule has 0 radical (unpaired) electrons. The average molecular weight is 467 g/mol. The summed E-state index contributed by atoms with van der Waals surface area (Å²) in [7, 11) is 0. The van der Waals surface area contributed by atoms with E-state index in [-0.39, 0.29) is 24.8 Å². The first-order chi connectivity index (χ1) is 13.4. The van der Waals surface area contributed by atoms with Gasteiger partial charge in [0.2, 0.25) is 0 Å². The van der Waals surface area contributed by atoms with Crippen molar-refractivity contribution < 1.29 is 19.1 Å². The van der Waals surface area contributed by atoms with Crippen molar-refractivity contribution in [2.24, 2.45) is 0 Å². The van der Waals surface area contributed by atoms with E-state index in [0.717, 1.165) is 37.1 Å². The zero-order valence-corrected chi connectivity index (χ0v) is 20.1. The maximum Gasteiger partial charge on any atom is 0.409 e. The quantitative estimate of drug-likeness (QED) is 0.359. The van der Waals surface area contributed by atoms with E-state index in [4.69, 9.17) is 9.47 Å². The number of aromatic nitrogens is 1. The Kier molecular flexibility index (Phi) is 17.0. The molecule has 2 amide bonds. The van der Waals surface area contributed by atoms with E-state index in [2.05, 4.69) is 15.6 Å². The van der Waals surface area contributed by atoms with Gasteiger partial charge in [-0.1, -0.05) is 26.7 Å². The average Bonchev–Trinajstić information content (AvgIpc) is 2.62. The number of anilines is 1. The zero-order chi connectivity index (χ0) is 20.9. The molecule has 1 aromatic rings. The van der Waals surface area contributed by atoms with Crippen LogP contribution in [0.3, 0.4) is 0 Å². The number of unbranched alkanes of at least 4 members (excludes halogenated alkanes) is 2. The molecule has 0 aromatic carbocycles. The molecule has 10 heteroatoms. The van der Waals surface area contributed by atoms with Crippen LogP contribution in [0.15, 0.2) is 18.3 Å². The smallest absolute Gasteiger partial charge is 0.409 e. The SMILES string of the molecule is CCCCNC(=O)OC(C)N(c1ccnc(C)c1)C(C)OC(=O)NCCCC.Cl.Cl. The molecule has 174 valence electrons. The Morgan fingerprint density at radius 2 is 1.47 bits per heavy atom. The van der Waals surface area contributed by atoms with Crippen LogP contribution in [0.4, 0.5) is 15.3 Å². The van der Waals surface area contributed by atoms with Gasteiger partial charge in [0, 0.05) is 30.7 Å². The topological polar surface area (TPSA) is 92.8 Å². The Morgan fingerprint density at radius 3 is 1.87 bits per heavy atom. The summed E-state index contributed by atoms with van der Waals surface area (Å²) < 4.78 is 11.0. The van der Waals surface area contributed by atoms with Crippen LogP contribution in [0.5, 0.6) is 0 Å². The summed E-state index contributed by atoms with van der Waals surface area (Å²) >= 11 is 0. The van der Waals surface area contributed by atoms with Crippen molar-refractivity contribution in [3.63, 3.8) is 0 Å². The highest BCUT2D eigenvalue weighted by Gasteiger charge is 2.26. The van der Waals surface area contributed by atoms with Crippen molar-refractivity contribution in [3.05, 3.63) is 24.0 Å². The third kappa shape index (κ3) is 11.3. The minimum absolute atomic E-state index is 0. The first-order valence-corrected chi connectivity index (χ1v) is 9.99. The van der Waals surface area contributed by atoms with Crippen molar-refractivity contribution in [2.45, 2.75) is 72.8 Å². The largest absolute Gasteiger partial charge is 0.426 e. The van der Waals surface area contributed by atoms with Gasteiger partial charge in [0.1, 0.15) is 0 Å². The van der Waals surface area contributed by atoms with Crippen LogP contribution in [0.2, 0.25) is 0 Å². The van der Waals surface area contributed by atoms with Gasteiger partial charge in [-0.2, -0.15) is 0 Å². The lowest BCUT2D eigenvalue weighted by Gasteiger charge is -2.35. The number of carbonyl (C=O) groups excluding carboxylic acids is 2. The van der Waals surface area contributed by atoms with Crippen LogP contribution in [-0.4, -0.2) is 42.7 Å². The third-order valence-electron chi connectivity index (χ3n) is 4.12. The maximum atomic E-state index is 12.1. The number of ether oxygens (including phenoxy) is 2. The Balaban J connectivity index is 0. The van der Waals surface area contributed by atoms with Crippen LogP contribution in [-0.2, 0) is 9.47 Å². The molecule has 2 atom stereocenters. The molecule has 0 bridgehead atoms. The molecule has 30 heavy (non-hydrogen) atoms. The van der Waals surface area contributed by atoms with Gasteiger partial charge >= 0.3 is 12.2 Å². The van der Waals surface area contributed by atoms with Gasteiger partial charge in [0.15, 0.2) is 12.5 Å². The number of alkyl carbamates (subject to hydrolysis) is 2. The lowest BCUT2D eigenvalue weighted by molar-refractivity contribution is 0.0554. The molecule has 1 heterocycles. The van der Waals surface area contributed by atoms with Crippen molar-refractivity contribution >= 4 is 42.7 Å². The predicted octanol–water partition coefficient (Wildman–Crippen LogP) is 4.78. The number of aryl methyl sites for hydroxylation is 1. The number of hydrogen-bond acceptors (Lipinski definition) is 6. The fourth-order valence-electron chi connectivity index (χ4n) is 2.65. The number of halogens is 2. The summed E-state index contributed by atoms with van der Waals surface area (Å²) in [4.78, 5) is 30.0. The van der Waals surface area contributed by atoms with Gasteiger partial charge < -0.3 is 25.0 Å².